The van der Waals surface area contributed by atoms with Gasteiger partial charge in [0.2, 0.25) is 0 Å². The second kappa shape index (κ2) is 19.7. The third kappa shape index (κ3) is 13.7. The molecule has 1 fully saturated rings. The Bertz CT molecular complexity index is 1600. The summed E-state index contributed by atoms with van der Waals surface area (Å²) < 4.78 is 79.3. The molecule has 0 radical (unpaired) electrons. The van der Waals surface area contributed by atoms with Gasteiger partial charge < -0.3 is 9.47 Å². The summed E-state index contributed by atoms with van der Waals surface area (Å²) in [5.74, 6) is 0. The van der Waals surface area contributed by atoms with Crippen LogP contribution in [0.5, 0.6) is 0 Å². The average molecular weight is 766 g/mol. The van der Waals surface area contributed by atoms with E-state index >= 15 is 0 Å². The van der Waals surface area contributed by atoms with Crippen molar-refractivity contribution in [2.45, 2.75) is 178 Å². The van der Waals surface area contributed by atoms with Crippen molar-refractivity contribution in [3.8, 4) is 0 Å². The maximum Gasteiger partial charge on any atom is 0.412 e. The van der Waals surface area contributed by atoms with Crippen LogP contribution in [0, 0.1) is 13.8 Å². The van der Waals surface area contributed by atoms with E-state index in [0.29, 0.717) is 6.42 Å². The highest BCUT2D eigenvalue weighted by Gasteiger charge is 2.53. The zero-order valence-corrected chi connectivity index (χ0v) is 34.3. The number of carbonyl (C=O) groups excluding carboxylic acids is 1. The number of carbonyl (C=O) groups is 1. The van der Waals surface area contributed by atoms with Crippen LogP contribution in [0.1, 0.15) is 136 Å². The van der Waals surface area contributed by atoms with Crippen molar-refractivity contribution in [3.05, 3.63) is 59.7 Å². The van der Waals surface area contributed by atoms with Crippen LogP contribution in [-0.2, 0) is 38.1 Å². The lowest BCUT2D eigenvalue weighted by molar-refractivity contribution is -0.0715. The van der Waals surface area contributed by atoms with Gasteiger partial charge in [0, 0.05) is 0 Å². The van der Waals surface area contributed by atoms with Crippen LogP contribution in [0.4, 0.5) is 4.79 Å². The fourth-order valence-electron chi connectivity index (χ4n) is 6.40. The quantitative estimate of drug-likeness (QED) is 0.0902. The van der Waals surface area contributed by atoms with Gasteiger partial charge in [-0.1, -0.05) is 119 Å². The molecule has 294 valence electrons. The number of nitrogens with zero attached hydrogens (tertiary/aromatic N) is 1. The third-order valence-electron chi connectivity index (χ3n) is 9.30. The maximum atomic E-state index is 13.9. The summed E-state index contributed by atoms with van der Waals surface area (Å²) >= 11 is 0. The molecule has 2 aromatic rings. The molecule has 1 aliphatic rings. The Labute approximate surface area is 314 Å². The Balaban J connectivity index is 1.93. The molecule has 1 heterocycles. The first-order valence-corrected chi connectivity index (χ1v) is 21.8. The molecule has 3 rings (SSSR count). The van der Waals surface area contributed by atoms with Gasteiger partial charge in [-0.15, -0.1) is 0 Å². The Morgan fingerprint density at radius 2 is 1.17 bits per heavy atom. The smallest absolute Gasteiger partial charge is 0.412 e. The molecule has 52 heavy (non-hydrogen) atoms. The Kier molecular flexibility index (Phi) is 16.6. The maximum absolute atomic E-state index is 13.9. The number of hydrogen-bond acceptors (Lipinski definition) is 9. The summed E-state index contributed by atoms with van der Waals surface area (Å²) in [6, 6.07) is 11.4. The zero-order valence-electron chi connectivity index (χ0n) is 32.7. The predicted molar refractivity (Wildman–Crippen MR) is 204 cm³/mol. The molecule has 0 unspecified atom stereocenters. The van der Waals surface area contributed by atoms with E-state index in [4.69, 9.17) is 17.8 Å². The molecule has 0 aromatic heterocycles. The van der Waals surface area contributed by atoms with E-state index in [2.05, 4.69) is 6.92 Å². The summed E-state index contributed by atoms with van der Waals surface area (Å²) in [5, 5.41) is 0. The largest absolute Gasteiger partial charge is 0.444 e. The molecule has 1 aliphatic heterocycles. The molecule has 10 nitrogen and oxygen atoms in total. The Morgan fingerprint density at radius 1 is 0.750 bits per heavy atom. The van der Waals surface area contributed by atoms with Crippen LogP contribution in [0.3, 0.4) is 0 Å². The number of benzene rings is 2. The Hall–Kier alpha value is -2.51. The van der Waals surface area contributed by atoms with Crippen LogP contribution in [0.25, 0.3) is 0 Å². The lowest BCUT2D eigenvalue weighted by atomic mass is 9.98. The van der Waals surface area contributed by atoms with Crippen molar-refractivity contribution >= 4 is 26.3 Å². The minimum absolute atomic E-state index is 0.0649. The number of aryl methyl sites for hydroxylation is 2. The third-order valence-corrected chi connectivity index (χ3v) is 12.0. The SMILES string of the molecule is CCCCCCCCCCCCCC[C@@H](OS(=O)(=O)c1ccc(C)cc1)[C@@H](OS(=O)(=O)c1ccc(C)cc1)[C@@H]1COC(C)(C)N1C(=O)OC(C)(C)C. The van der Waals surface area contributed by atoms with Crippen LogP contribution in [-0.4, -0.2) is 64.0 Å². The summed E-state index contributed by atoms with van der Waals surface area (Å²) in [7, 11) is -8.86. The molecule has 1 amide bonds. The lowest BCUT2D eigenvalue weighted by Gasteiger charge is -2.39. The summed E-state index contributed by atoms with van der Waals surface area (Å²) in [6.07, 6.45) is 9.98. The van der Waals surface area contributed by atoms with Crippen LogP contribution >= 0.6 is 0 Å². The molecular weight excluding hydrogens is 703 g/mol. The monoisotopic (exact) mass is 765 g/mol. The van der Waals surface area contributed by atoms with Crippen molar-refractivity contribution in [2.75, 3.05) is 6.61 Å². The van der Waals surface area contributed by atoms with Crippen molar-refractivity contribution in [3.63, 3.8) is 0 Å². The van der Waals surface area contributed by atoms with Gasteiger partial charge in [-0.25, -0.2) is 4.79 Å². The van der Waals surface area contributed by atoms with Crippen LogP contribution in [0.2, 0.25) is 0 Å². The van der Waals surface area contributed by atoms with Crippen molar-refractivity contribution in [2.24, 2.45) is 0 Å². The lowest BCUT2D eigenvalue weighted by Crippen LogP contribution is -2.57. The van der Waals surface area contributed by atoms with Gasteiger partial charge in [0.15, 0.2) is 0 Å². The summed E-state index contributed by atoms with van der Waals surface area (Å²) in [6.45, 7) is 14.3. The highest BCUT2D eigenvalue weighted by atomic mass is 32.2. The summed E-state index contributed by atoms with van der Waals surface area (Å²) in [5.41, 5.74) is -0.367. The number of ether oxygens (including phenoxy) is 2. The fourth-order valence-corrected chi connectivity index (χ4v) is 8.64. The van der Waals surface area contributed by atoms with Crippen LogP contribution < -0.4 is 0 Å². The topological polar surface area (TPSA) is 126 Å². The number of amides is 1. The van der Waals surface area contributed by atoms with E-state index in [0.717, 1.165) is 36.8 Å². The number of rotatable bonds is 21. The van der Waals surface area contributed by atoms with E-state index in [1.807, 2.05) is 13.8 Å². The fraction of sp³-hybridized carbons (Fsp3) is 0.675. The molecule has 3 atom stereocenters. The first-order chi connectivity index (χ1) is 24.4. The van der Waals surface area contributed by atoms with Gasteiger partial charge in [-0.3, -0.25) is 13.3 Å². The van der Waals surface area contributed by atoms with Gasteiger partial charge in [-0.05, 0) is 79.2 Å². The van der Waals surface area contributed by atoms with E-state index in [-0.39, 0.29) is 22.8 Å². The van der Waals surface area contributed by atoms with Gasteiger partial charge in [0.25, 0.3) is 20.2 Å². The molecule has 1 saturated heterocycles. The van der Waals surface area contributed by atoms with E-state index in [1.54, 1.807) is 58.9 Å². The van der Waals surface area contributed by atoms with Crippen LogP contribution in [0.15, 0.2) is 58.3 Å². The van der Waals surface area contributed by atoms with Gasteiger partial charge in [0.1, 0.15) is 23.5 Å². The van der Waals surface area contributed by atoms with Crippen molar-refractivity contribution in [1.29, 1.82) is 0 Å². The standard InChI is InChI=1S/C40H63NO9S2/c1-9-10-11-12-13-14-15-16-17-18-19-20-21-36(49-51(43,44)33-26-22-31(2)23-27-33)37(50-52(45,46)34-28-24-32(3)25-29-34)35-30-47-40(7,8)41(35)38(42)48-39(4,5)6/h22-29,35-37H,9-21,30H2,1-8H3/t35-,36+,37-/m0/s1. The minimum atomic E-state index is -4.47. The average Bonchev–Trinajstić information content (AvgIpc) is 3.37. The molecule has 12 heteroatoms. The molecule has 0 bridgehead atoms. The Morgan fingerprint density at radius 3 is 1.62 bits per heavy atom. The molecule has 0 aliphatic carbocycles. The molecule has 0 N–H and O–H groups in total. The second-order valence-electron chi connectivity index (χ2n) is 15.6. The summed E-state index contributed by atoms with van der Waals surface area (Å²) in [4.78, 5) is 14.9. The first kappa shape index (κ1) is 43.9. The van der Waals surface area contributed by atoms with Gasteiger partial charge in [0.05, 0.1) is 22.4 Å². The van der Waals surface area contributed by atoms with E-state index in [1.165, 1.54) is 74.1 Å². The molecule has 0 spiro atoms. The molecule has 2 aromatic carbocycles. The zero-order chi connectivity index (χ0) is 38.6. The minimum Gasteiger partial charge on any atom is -0.444 e. The molecular formula is C40H63NO9S2. The van der Waals surface area contributed by atoms with Gasteiger partial charge in [-0.2, -0.15) is 16.8 Å². The highest BCUT2D eigenvalue weighted by molar-refractivity contribution is 7.87. The second-order valence-corrected chi connectivity index (χ2v) is 18.7. The molecule has 0 saturated carbocycles. The van der Waals surface area contributed by atoms with Crippen molar-refractivity contribution < 1.29 is 39.5 Å². The number of unbranched alkanes of at least 4 members (excludes halogenated alkanes) is 11. The highest BCUT2D eigenvalue weighted by Crippen LogP contribution is 2.36. The normalized spacial score (nSPS) is 17.6. The van der Waals surface area contributed by atoms with E-state index < -0.39 is 55.9 Å². The number of hydrogen-bond donors (Lipinski definition) is 0. The van der Waals surface area contributed by atoms with Gasteiger partial charge >= 0.3 is 6.09 Å². The van der Waals surface area contributed by atoms with Crippen molar-refractivity contribution in [1.82, 2.24) is 4.90 Å². The predicted octanol–water partition coefficient (Wildman–Crippen LogP) is 9.61. The first-order valence-electron chi connectivity index (χ1n) is 19.0. The van der Waals surface area contributed by atoms with E-state index in [9.17, 15) is 21.6 Å².